The van der Waals surface area contributed by atoms with E-state index in [2.05, 4.69) is 19.1 Å². The van der Waals surface area contributed by atoms with Crippen molar-refractivity contribution in [2.45, 2.75) is 77.2 Å². The zero-order valence-corrected chi connectivity index (χ0v) is 13.7. The molecule has 0 spiro atoms. The molecule has 0 bridgehead atoms. The van der Waals surface area contributed by atoms with Crippen molar-refractivity contribution < 1.29 is 0 Å². The molecule has 2 heteroatoms. The van der Waals surface area contributed by atoms with Gasteiger partial charge in [0.15, 0.2) is 0 Å². The first-order valence-corrected chi connectivity index (χ1v) is 8.60. The Hall–Kier alpha value is -0.530. The van der Waals surface area contributed by atoms with Crippen molar-refractivity contribution in [2.75, 3.05) is 0 Å². The van der Waals surface area contributed by atoms with Gasteiger partial charge in [-0.05, 0) is 30.5 Å². The first kappa shape index (κ1) is 17.5. The molecule has 0 saturated carbocycles. The Morgan fingerprint density at radius 1 is 0.900 bits per heavy atom. The normalized spacial score (nSPS) is 12.6. The summed E-state index contributed by atoms with van der Waals surface area (Å²) in [6, 6.07) is 8.34. The van der Waals surface area contributed by atoms with Crippen LogP contribution in [0, 0.1) is 0 Å². The van der Waals surface area contributed by atoms with Crippen LogP contribution >= 0.6 is 11.6 Å². The third kappa shape index (κ3) is 8.60. The zero-order chi connectivity index (χ0) is 14.6. The van der Waals surface area contributed by atoms with Gasteiger partial charge in [0.25, 0.3) is 0 Å². The van der Waals surface area contributed by atoms with Crippen LogP contribution in [0.5, 0.6) is 0 Å². The molecule has 1 aromatic carbocycles. The Morgan fingerprint density at radius 2 is 1.45 bits per heavy atom. The topological polar surface area (TPSA) is 26.0 Å². The van der Waals surface area contributed by atoms with Gasteiger partial charge in [-0.1, -0.05) is 82.0 Å². The Bertz CT molecular complexity index is 334. The summed E-state index contributed by atoms with van der Waals surface area (Å²) in [5.41, 5.74) is 7.48. The van der Waals surface area contributed by atoms with E-state index in [0.717, 1.165) is 17.9 Å². The van der Waals surface area contributed by atoms with Gasteiger partial charge in [0, 0.05) is 11.1 Å². The van der Waals surface area contributed by atoms with Crippen LogP contribution in [-0.2, 0) is 6.42 Å². The SMILES string of the molecule is CCCCCCCCCCC(N)Cc1ccc(Cl)cc1. The van der Waals surface area contributed by atoms with Crippen LogP contribution in [0.25, 0.3) is 0 Å². The van der Waals surface area contributed by atoms with Crippen LogP contribution < -0.4 is 5.73 Å². The van der Waals surface area contributed by atoms with Crippen molar-refractivity contribution in [3.8, 4) is 0 Å². The predicted octanol–water partition coefficient (Wildman–Crippen LogP) is 5.74. The lowest BCUT2D eigenvalue weighted by Gasteiger charge is -2.11. The summed E-state index contributed by atoms with van der Waals surface area (Å²) in [6.45, 7) is 2.27. The molecule has 1 atom stereocenters. The molecule has 1 unspecified atom stereocenters. The number of rotatable bonds is 11. The van der Waals surface area contributed by atoms with Gasteiger partial charge >= 0.3 is 0 Å². The highest BCUT2D eigenvalue weighted by Crippen LogP contribution is 2.14. The van der Waals surface area contributed by atoms with Gasteiger partial charge in [0.2, 0.25) is 0 Å². The largest absolute Gasteiger partial charge is 0.327 e. The highest BCUT2D eigenvalue weighted by Gasteiger charge is 2.04. The van der Waals surface area contributed by atoms with Gasteiger partial charge in [-0.15, -0.1) is 0 Å². The van der Waals surface area contributed by atoms with E-state index < -0.39 is 0 Å². The molecule has 114 valence electrons. The highest BCUT2D eigenvalue weighted by atomic mass is 35.5. The van der Waals surface area contributed by atoms with Gasteiger partial charge in [0.05, 0.1) is 0 Å². The molecule has 0 heterocycles. The lowest BCUT2D eigenvalue weighted by Crippen LogP contribution is -2.22. The van der Waals surface area contributed by atoms with Gasteiger partial charge < -0.3 is 5.73 Å². The quantitative estimate of drug-likeness (QED) is 0.518. The molecule has 0 amide bonds. The highest BCUT2D eigenvalue weighted by molar-refractivity contribution is 6.30. The number of nitrogens with two attached hydrogens (primary N) is 1. The second kappa shape index (κ2) is 11.2. The van der Waals surface area contributed by atoms with Crippen molar-refractivity contribution in [3.63, 3.8) is 0 Å². The fourth-order valence-corrected chi connectivity index (χ4v) is 2.69. The van der Waals surface area contributed by atoms with Crippen LogP contribution in [-0.4, -0.2) is 6.04 Å². The summed E-state index contributed by atoms with van der Waals surface area (Å²) >= 11 is 5.88. The molecule has 1 nitrogen and oxygen atoms in total. The second-order valence-electron chi connectivity index (χ2n) is 5.85. The minimum absolute atomic E-state index is 0.288. The number of unbranched alkanes of at least 4 members (excludes halogenated alkanes) is 7. The summed E-state index contributed by atoms with van der Waals surface area (Å²) in [4.78, 5) is 0. The maximum absolute atomic E-state index is 6.19. The van der Waals surface area contributed by atoms with E-state index in [4.69, 9.17) is 17.3 Å². The molecule has 20 heavy (non-hydrogen) atoms. The third-order valence-electron chi connectivity index (χ3n) is 3.84. The Balaban J connectivity index is 2.00. The number of benzene rings is 1. The lowest BCUT2D eigenvalue weighted by molar-refractivity contribution is 0.525. The predicted molar refractivity (Wildman–Crippen MR) is 90.4 cm³/mol. The minimum atomic E-state index is 0.288. The van der Waals surface area contributed by atoms with Crippen LogP contribution in [0.15, 0.2) is 24.3 Å². The number of hydrogen-bond acceptors (Lipinski definition) is 1. The molecule has 1 rings (SSSR count). The maximum atomic E-state index is 6.19. The van der Waals surface area contributed by atoms with Gasteiger partial charge in [0.1, 0.15) is 0 Å². The molecule has 0 aliphatic carbocycles. The van der Waals surface area contributed by atoms with Gasteiger partial charge in [-0.25, -0.2) is 0 Å². The smallest absolute Gasteiger partial charge is 0.0406 e. The number of hydrogen-bond donors (Lipinski definition) is 1. The summed E-state index contributed by atoms with van der Waals surface area (Å²) < 4.78 is 0. The van der Waals surface area contributed by atoms with Crippen LogP contribution in [0.3, 0.4) is 0 Å². The average molecular weight is 296 g/mol. The molecule has 0 aromatic heterocycles. The van der Waals surface area contributed by atoms with Crippen molar-refractivity contribution in [3.05, 3.63) is 34.9 Å². The van der Waals surface area contributed by atoms with Gasteiger partial charge in [-0.2, -0.15) is 0 Å². The van der Waals surface area contributed by atoms with Crippen LogP contribution in [0.1, 0.15) is 70.3 Å². The van der Waals surface area contributed by atoms with E-state index in [1.54, 1.807) is 0 Å². The fraction of sp³-hybridized carbons (Fsp3) is 0.667. The standard InChI is InChI=1S/C18H30ClN/c1-2-3-4-5-6-7-8-9-10-18(20)15-16-11-13-17(19)14-12-16/h11-14,18H,2-10,15,20H2,1H3. The second-order valence-corrected chi connectivity index (χ2v) is 6.29. The molecule has 1 aromatic rings. The van der Waals surface area contributed by atoms with Crippen molar-refractivity contribution in [2.24, 2.45) is 5.73 Å². The fourth-order valence-electron chi connectivity index (χ4n) is 2.57. The summed E-state index contributed by atoms with van der Waals surface area (Å²) in [5, 5.41) is 0.797. The molecule has 0 saturated heterocycles. The molecule has 0 aliphatic rings. The Morgan fingerprint density at radius 3 is 2.05 bits per heavy atom. The van der Waals surface area contributed by atoms with E-state index in [-0.39, 0.29) is 6.04 Å². The van der Waals surface area contributed by atoms with Crippen molar-refractivity contribution in [1.29, 1.82) is 0 Å². The van der Waals surface area contributed by atoms with E-state index >= 15 is 0 Å². The molecular weight excluding hydrogens is 266 g/mol. The van der Waals surface area contributed by atoms with Gasteiger partial charge in [-0.3, -0.25) is 0 Å². The summed E-state index contributed by atoms with van der Waals surface area (Å²) in [7, 11) is 0. The van der Waals surface area contributed by atoms with Crippen molar-refractivity contribution >= 4 is 11.6 Å². The molecular formula is C18H30ClN. The number of halogens is 1. The summed E-state index contributed by atoms with van der Waals surface area (Å²) in [5.74, 6) is 0. The zero-order valence-electron chi connectivity index (χ0n) is 12.9. The van der Waals surface area contributed by atoms with Crippen molar-refractivity contribution in [1.82, 2.24) is 0 Å². The maximum Gasteiger partial charge on any atom is 0.0406 e. The molecule has 0 fully saturated rings. The first-order chi connectivity index (χ1) is 9.72. The first-order valence-electron chi connectivity index (χ1n) is 8.22. The Kier molecular flexibility index (Phi) is 9.78. The minimum Gasteiger partial charge on any atom is -0.327 e. The molecule has 0 aliphatic heterocycles. The van der Waals surface area contributed by atoms with E-state index in [9.17, 15) is 0 Å². The van der Waals surface area contributed by atoms with E-state index in [1.807, 2.05) is 12.1 Å². The van der Waals surface area contributed by atoms with E-state index in [1.165, 1.54) is 56.9 Å². The van der Waals surface area contributed by atoms with Crippen LogP contribution in [0.2, 0.25) is 5.02 Å². The van der Waals surface area contributed by atoms with E-state index in [0.29, 0.717) is 0 Å². The lowest BCUT2D eigenvalue weighted by atomic mass is 10.0. The van der Waals surface area contributed by atoms with Crippen LogP contribution in [0.4, 0.5) is 0 Å². The molecule has 2 N–H and O–H groups in total. The average Bonchev–Trinajstić information content (AvgIpc) is 2.44. The Labute approximate surface area is 129 Å². The summed E-state index contributed by atoms with van der Waals surface area (Å²) in [6.07, 6.45) is 13.0. The molecule has 0 radical (unpaired) electrons. The monoisotopic (exact) mass is 295 g/mol. The third-order valence-corrected chi connectivity index (χ3v) is 4.09.